The lowest BCUT2D eigenvalue weighted by atomic mass is 9.76. The van der Waals surface area contributed by atoms with Crippen LogP contribution in [0.25, 0.3) is 0 Å². The summed E-state index contributed by atoms with van der Waals surface area (Å²) in [4.78, 5) is 20.5. The molecule has 0 amide bonds. The first kappa shape index (κ1) is 10.9. The van der Waals surface area contributed by atoms with Gasteiger partial charge in [0.1, 0.15) is 52.7 Å². The molecule has 0 bridgehead atoms. The van der Waals surface area contributed by atoms with Gasteiger partial charge in [0, 0.05) is 183 Å². The topological polar surface area (TPSA) is 199 Å². The summed E-state index contributed by atoms with van der Waals surface area (Å²) in [6, 6.07) is 21.1. The maximum absolute atomic E-state index is 11.8. The number of nitriles is 2. The number of ether oxygens (including phenoxy) is 4. The first-order valence-electron chi connectivity index (χ1n) is 67.4. The first-order chi connectivity index (χ1) is 76.4. The number of nitrogens with one attached hydrogen (secondary N) is 2. The van der Waals surface area contributed by atoms with Crippen LogP contribution in [-0.2, 0) is 30.0 Å². The van der Waals surface area contributed by atoms with Crippen molar-refractivity contribution in [2.24, 2.45) is 0 Å². The van der Waals surface area contributed by atoms with Gasteiger partial charge in [-0.05, 0) is 92.7 Å². The summed E-state index contributed by atoms with van der Waals surface area (Å²) in [5.74, 6) is 2.42. The summed E-state index contributed by atoms with van der Waals surface area (Å²) in [5.41, 5.74) is 2.15. The number of aldehydes is 1. The van der Waals surface area contributed by atoms with Gasteiger partial charge in [0.15, 0.2) is 0 Å². The highest BCUT2D eigenvalue weighted by Crippen LogP contribution is 2.37. The molecule has 55 heavy (non-hydrogen) atoms. The molecule has 2 aliphatic rings. The van der Waals surface area contributed by atoms with E-state index in [1.807, 2.05) is 27.7 Å². The third-order valence-electron chi connectivity index (χ3n) is 9.08. The van der Waals surface area contributed by atoms with Crippen LogP contribution in [0, 0.1) is 22.7 Å². The van der Waals surface area contributed by atoms with E-state index in [4.69, 9.17) is 181 Å². The largest absolute Gasteiger partial charge is 0.495 e. The second-order valence-corrected chi connectivity index (χ2v) is 13.4. The molecular weight excluding hydrogens is 706 g/mol. The van der Waals surface area contributed by atoms with Crippen molar-refractivity contribution in [2.45, 2.75) is 45.5 Å². The molecule has 0 spiro atoms. The highest BCUT2D eigenvalue weighted by atomic mass is 16.7. The average Bonchev–Trinajstić information content (AvgIpc) is 1.62. The number of hydrogen-bond donors (Lipinski definition) is 3. The van der Waals surface area contributed by atoms with Crippen LogP contribution in [0.4, 0.5) is 11.6 Å². The quantitative estimate of drug-likeness (QED) is 0.0612. The number of carbonyl (C=O) groups is 1. The first-order valence-corrected chi connectivity index (χ1v) is 17.4. The maximum Gasteiger partial charge on any atom is 0.495 e. The lowest BCUT2D eigenvalue weighted by Crippen LogP contribution is -2.41. The van der Waals surface area contributed by atoms with Crippen molar-refractivity contribution in [3.8, 4) is 35.4 Å². The van der Waals surface area contributed by atoms with Crippen LogP contribution in [0.15, 0.2) is 60.7 Å². The predicted molar refractivity (Wildman–Crippen MR) is 313 cm³/mol. The zero-order chi connectivity index (χ0) is 140. The van der Waals surface area contributed by atoms with Gasteiger partial charge in [0.25, 0.3) is 0 Å². The van der Waals surface area contributed by atoms with Crippen molar-refractivity contribution in [1.29, 1.82) is 10.5 Å². The molecular formula is C38H144B2N6O9. The molecule has 0 atom stereocenters. The maximum atomic E-state index is 11.8. The van der Waals surface area contributed by atoms with Gasteiger partial charge in [-0.2, -0.15) is 20.5 Å². The molecule has 3 N–H and O–H groups in total. The number of rotatable bonds is 14. The summed E-state index contributed by atoms with van der Waals surface area (Å²) in [6.45, 7) is 10.4. The Morgan fingerprint density at radius 2 is 1.35 bits per heavy atom. The Morgan fingerprint density at radius 1 is 0.836 bits per heavy atom. The van der Waals surface area contributed by atoms with Crippen molar-refractivity contribution >= 4 is 43.1 Å². The molecule has 0 saturated carbocycles. The number of fused-ring (bicyclic) bond motifs is 1. The molecule has 2 aromatic heterocycles. The van der Waals surface area contributed by atoms with Gasteiger partial charge in [-0.3, -0.25) is 4.79 Å². The fourth-order valence-corrected chi connectivity index (χ4v) is 5.36. The van der Waals surface area contributed by atoms with Gasteiger partial charge in [-0.1, -0.05) is 12.1 Å². The highest BCUT2D eigenvalue weighted by molar-refractivity contribution is 6.63. The molecule has 6 rings (SSSR count). The van der Waals surface area contributed by atoms with Crippen LogP contribution in [0.2, 0.25) is 0 Å². The third kappa shape index (κ3) is 9.97. The summed E-state index contributed by atoms with van der Waals surface area (Å²) < 4.78 is 539. The number of aromatic nitrogens is 2. The molecule has 1 fully saturated rings. The van der Waals surface area contributed by atoms with Crippen LogP contribution >= 0.6 is 0 Å². The van der Waals surface area contributed by atoms with Crippen LogP contribution in [-0.4, -0.2) is 87.2 Å². The third-order valence-corrected chi connectivity index (χ3v) is 9.08. The van der Waals surface area contributed by atoms with E-state index in [-0.39, 0.29) is 18.8 Å². The summed E-state index contributed by atoms with van der Waals surface area (Å²) >= 11 is 0. The van der Waals surface area contributed by atoms with Gasteiger partial charge in [0.2, 0.25) is 11.8 Å². The van der Waals surface area contributed by atoms with Crippen molar-refractivity contribution in [3.05, 3.63) is 82.9 Å². The minimum absolute atomic E-state index is 0. The van der Waals surface area contributed by atoms with E-state index in [1.165, 1.54) is 0 Å². The number of benzene rings is 2. The molecule has 0 radical (unpaired) electrons. The Morgan fingerprint density at radius 3 is 1.84 bits per heavy atom. The van der Waals surface area contributed by atoms with Gasteiger partial charge < -0.3 is 48.6 Å². The fourth-order valence-electron chi connectivity index (χ4n) is 5.36. The molecule has 15 nitrogen and oxygen atoms in total. The molecule has 0 unspecified atom stereocenters. The minimum Gasteiger partial charge on any atom is -0.438 e. The number of hydrogen-bond acceptors (Lipinski definition) is 15. The van der Waals surface area contributed by atoms with E-state index >= 15 is 0 Å². The molecule has 386 valence electrons. The predicted octanol–water partition coefficient (Wildman–Crippen LogP) is 16.5. The zero-order valence-electron chi connectivity index (χ0n) is 132. The van der Waals surface area contributed by atoms with Crippen molar-refractivity contribution in [3.63, 3.8) is 0 Å². The molecule has 4 aromatic rings. The fraction of sp³-hybridized carbons (Fsp3) is 0.342. The molecule has 17 heteroatoms. The van der Waals surface area contributed by atoms with E-state index in [0.29, 0.717) is 72.6 Å². The Labute approximate surface area is 476 Å². The standard InChI is InChI=1S/C22H26BN3O5.C16H16BN3O4.51H2/c1-21(2)22(3,4)31-23(30-21)18-8-7-17(12-16(18)14-27)29-20-15(13-24)6-9-19(26-20)25-10-11-28-5;1-22-7-6-19-15-5-2-11(9-18)16(20-15)24-13-3-4-14-12(8-13)10-23-17(14)21;;;;;;;;;;;;;;;;;;;;;;;;;;;;;;;;;;;;;;;;;;;;;;;;;;;/h6-9,12,14H,10-11H2,1-5H3,(H,25,26);2-5,8,21H,6-7,10H2,1H3,(H,19,20);51*1H/i;;50*1+1D;1+1. The number of methoxy groups -OCH3 is 2. The van der Waals surface area contributed by atoms with Crippen LogP contribution in [0.3, 0.4) is 0 Å². The second kappa shape index (κ2) is 18.2. The van der Waals surface area contributed by atoms with Crippen molar-refractivity contribution in [1.82, 2.24) is 9.97 Å². The normalized spacial score (nSPS) is 22.1. The Bertz CT molecular complexity index is 2200. The Hall–Kier alpha value is -5.52. The molecule has 0 aliphatic carbocycles. The van der Waals surface area contributed by atoms with E-state index in [9.17, 15) is 20.3 Å². The van der Waals surface area contributed by atoms with E-state index in [0.717, 1.165) is 17.3 Å². The van der Waals surface area contributed by atoms with Gasteiger partial charge in [-0.25, -0.2) is 0 Å². The van der Waals surface area contributed by atoms with Gasteiger partial charge in [0.05, 0.1) is 31.0 Å². The zero-order valence-corrected chi connectivity index (χ0v) is 31.5. The summed E-state index contributed by atoms with van der Waals surface area (Å²) in [7, 11) is 1.67. The van der Waals surface area contributed by atoms with E-state index in [2.05, 4.69) is 32.7 Å². The van der Waals surface area contributed by atoms with Crippen LogP contribution < -0.4 is 31.0 Å². The number of anilines is 2. The minimum atomic E-state index is -0.893. The molecule has 2 aromatic carbocycles. The number of pyridine rings is 2. The summed E-state index contributed by atoms with van der Waals surface area (Å²) in [6.07, 6.45) is 0.731. The Balaban J connectivity index is -0.0000000190. The average molecular weight is 953 g/mol. The van der Waals surface area contributed by atoms with E-state index < -0.39 is 25.4 Å². The van der Waals surface area contributed by atoms with Crippen LogP contribution in [0.1, 0.15) is 205 Å². The van der Waals surface area contributed by atoms with E-state index in [1.54, 1.807) is 74.9 Å². The van der Waals surface area contributed by atoms with Crippen molar-refractivity contribution < 1.29 is 193 Å². The number of nitrogens with zero attached hydrogens (tertiary/aromatic N) is 4. The lowest BCUT2D eigenvalue weighted by Gasteiger charge is -2.32. The Kier molecular flexibility index (Phi) is 3.59. The van der Waals surface area contributed by atoms with Gasteiger partial charge >= 0.3 is 14.2 Å². The smallest absolute Gasteiger partial charge is 0.438 e. The lowest BCUT2D eigenvalue weighted by molar-refractivity contribution is 0.00578. The van der Waals surface area contributed by atoms with Crippen LogP contribution in [0.5, 0.6) is 23.3 Å². The number of carbonyl (C=O) groups excluding carboxylic acids is 1. The molecule has 2 aliphatic heterocycles. The monoisotopic (exact) mass is 953 g/mol. The molecule has 4 heterocycles. The van der Waals surface area contributed by atoms with Gasteiger partial charge in [-0.15, -0.1) is 0 Å². The summed E-state index contributed by atoms with van der Waals surface area (Å²) in [5, 5.41) is 34.4. The highest BCUT2D eigenvalue weighted by Gasteiger charge is 2.52. The molecule has 1 saturated heterocycles. The second-order valence-electron chi connectivity index (χ2n) is 13.4. The SMILES string of the molecule is COCCNc1ccc(C#N)c(Oc2ccc(B3OC(C)(C)C(C)(C)O3)c(C=O)c2)n1.COCCNc1ccc(C#N)c(Oc2ccc3c(c2)COB3O)n1.[2HH].[2H][2H].[2H][2H].[2H][2H].[2H][2H].[2H][2H].[2H][2H].[2H][2H].[2H][2H].[2H][2H].[2H][2H].[2H][2H].[2H][2H].[2H][2H].[2H][2H].[2H][2H].[2H][2H].[2H][2H].[2H][2H].[2H][2H].[2H][2H].[2H][2H].[2H][2H].[2H][2H].[2H][2H].[2H][2H].[2H][2H].[2H][2H].[2H][2H].[2H][2H].[2H][2H].[2H][2H].[2H][2H].[2H][2H].[2H][2H].[2H][2H].[2H][2H].[2H][2H].[2H][2H].[2H][2H].[2H][2H].[2H][2H].[2H][2H].[2H][2H].[2H][2H].[2H][2H].[2H][2H].[2H][2H].[2H][2H].[2H][2H].[2H][2H]. The van der Waals surface area contributed by atoms with Crippen molar-refractivity contribution in [2.75, 3.05) is 51.2 Å².